The Hall–Kier alpha value is -2.35. The quantitative estimate of drug-likeness (QED) is 0.682. The maximum absolute atomic E-state index is 11.0. The molecule has 20 heavy (non-hydrogen) atoms. The molecule has 104 valence electrons. The molecular weight excluding hydrogens is 284 g/mol. The van der Waals surface area contributed by atoms with Crippen molar-refractivity contribution in [2.75, 3.05) is 0 Å². The van der Waals surface area contributed by atoms with Gasteiger partial charge < -0.3 is 9.52 Å². The minimum absolute atomic E-state index is 0.0295. The molecule has 0 saturated carbocycles. The van der Waals surface area contributed by atoms with Crippen molar-refractivity contribution in [1.82, 2.24) is 4.98 Å². The Morgan fingerprint density at radius 1 is 1.45 bits per heavy atom. The Kier molecular flexibility index (Phi) is 3.75. The fourth-order valence-corrected chi connectivity index (χ4v) is 2.43. The molecular formula is C12H10N2O5S. The lowest BCUT2D eigenvalue weighted by Gasteiger charge is -2.01. The summed E-state index contributed by atoms with van der Waals surface area (Å²) >= 11 is 0.926. The summed E-state index contributed by atoms with van der Waals surface area (Å²) in [6.07, 6.45) is 0. The molecule has 1 N–H and O–H groups in total. The molecule has 0 spiro atoms. The van der Waals surface area contributed by atoms with Gasteiger partial charge in [0.15, 0.2) is 0 Å². The van der Waals surface area contributed by atoms with Crippen LogP contribution < -0.4 is 0 Å². The molecule has 0 amide bonds. The lowest BCUT2D eigenvalue weighted by molar-refractivity contribution is -0.387. The van der Waals surface area contributed by atoms with Gasteiger partial charge in [-0.15, -0.1) is 0 Å². The molecule has 7 nitrogen and oxygen atoms in total. The van der Waals surface area contributed by atoms with E-state index < -0.39 is 10.9 Å². The summed E-state index contributed by atoms with van der Waals surface area (Å²) in [5.74, 6) is -0.536. The smallest absolute Gasteiger partial charge is 0.335 e. The second kappa shape index (κ2) is 5.33. The van der Waals surface area contributed by atoms with Crippen molar-refractivity contribution in [1.29, 1.82) is 0 Å². The first-order valence-corrected chi connectivity index (χ1v) is 6.33. The number of rotatable bonds is 4. The summed E-state index contributed by atoms with van der Waals surface area (Å²) in [5, 5.41) is 20.1. The summed E-state index contributed by atoms with van der Waals surface area (Å²) in [5.41, 5.74) is 0.469. The molecule has 0 aliphatic heterocycles. The molecule has 0 fully saturated rings. The van der Waals surface area contributed by atoms with Crippen LogP contribution >= 0.6 is 11.8 Å². The number of carbonyl (C=O) groups is 1. The number of oxazole rings is 1. The molecule has 0 radical (unpaired) electrons. The number of nitrogens with zero attached hydrogens (tertiary/aromatic N) is 2. The lowest BCUT2D eigenvalue weighted by atomic mass is 10.2. The molecule has 8 heteroatoms. The third-order valence-corrected chi connectivity index (χ3v) is 3.51. The van der Waals surface area contributed by atoms with E-state index in [2.05, 4.69) is 4.98 Å². The number of hydrogen-bond donors (Lipinski definition) is 1. The number of nitro benzene ring substituents is 1. The van der Waals surface area contributed by atoms with Crippen LogP contribution in [0.4, 0.5) is 5.69 Å². The monoisotopic (exact) mass is 294 g/mol. The van der Waals surface area contributed by atoms with Gasteiger partial charge in [0.05, 0.1) is 21.1 Å². The van der Waals surface area contributed by atoms with E-state index in [4.69, 9.17) is 9.52 Å². The van der Waals surface area contributed by atoms with Gasteiger partial charge in [-0.05, 0) is 37.7 Å². The van der Waals surface area contributed by atoms with E-state index in [1.54, 1.807) is 13.8 Å². The maximum Gasteiger partial charge on any atom is 0.335 e. The minimum atomic E-state index is -1.15. The Balaban J connectivity index is 2.44. The first kappa shape index (κ1) is 14.1. The Bertz CT molecular complexity index is 676. The normalized spacial score (nSPS) is 10.5. The molecule has 1 heterocycles. The predicted molar refractivity (Wildman–Crippen MR) is 70.2 cm³/mol. The highest BCUT2D eigenvalue weighted by molar-refractivity contribution is 7.99. The number of nitro groups is 1. The molecule has 2 rings (SSSR count). The van der Waals surface area contributed by atoms with Crippen LogP contribution in [0, 0.1) is 24.0 Å². The third-order valence-electron chi connectivity index (χ3n) is 2.61. The number of carboxylic acids is 1. The van der Waals surface area contributed by atoms with Crippen LogP contribution in [0.25, 0.3) is 0 Å². The molecule has 0 aliphatic rings. The van der Waals surface area contributed by atoms with Gasteiger partial charge in [-0.2, -0.15) is 0 Å². The summed E-state index contributed by atoms with van der Waals surface area (Å²) in [6, 6.07) is 3.59. The molecule has 2 aromatic rings. The van der Waals surface area contributed by atoms with E-state index >= 15 is 0 Å². The van der Waals surface area contributed by atoms with E-state index in [1.807, 2.05) is 0 Å². The van der Waals surface area contributed by atoms with Crippen LogP contribution in [0.2, 0.25) is 0 Å². The summed E-state index contributed by atoms with van der Waals surface area (Å²) < 4.78 is 5.34. The second-order valence-corrected chi connectivity index (χ2v) is 4.96. The van der Waals surface area contributed by atoms with Crippen molar-refractivity contribution in [3.05, 3.63) is 45.3 Å². The Labute approximate surface area is 117 Å². The first-order chi connectivity index (χ1) is 9.38. The van der Waals surface area contributed by atoms with Crippen molar-refractivity contribution >= 4 is 23.4 Å². The second-order valence-electron chi connectivity index (χ2n) is 3.97. The van der Waals surface area contributed by atoms with Crippen LogP contribution in [0.1, 0.15) is 21.8 Å². The fourth-order valence-electron chi connectivity index (χ4n) is 1.46. The molecule has 0 bridgehead atoms. The van der Waals surface area contributed by atoms with Gasteiger partial charge in [0, 0.05) is 6.07 Å². The Morgan fingerprint density at radius 3 is 2.65 bits per heavy atom. The SMILES string of the molecule is Cc1nc(Sc2cc(C(=O)O)ccc2[N+](=O)[O-])oc1C. The molecule has 0 saturated heterocycles. The Morgan fingerprint density at radius 2 is 2.15 bits per heavy atom. The predicted octanol–water partition coefficient (Wildman–Crippen LogP) is 3.05. The highest BCUT2D eigenvalue weighted by Crippen LogP contribution is 2.35. The van der Waals surface area contributed by atoms with Crippen molar-refractivity contribution < 1.29 is 19.2 Å². The highest BCUT2D eigenvalue weighted by Gasteiger charge is 2.20. The van der Waals surface area contributed by atoms with Crippen LogP contribution in [0.5, 0.6) is 0 Å². The average molecular weight is 294 g/mol. The van der Waals surface area contributed by atoms with Gasteiger partial charge in [0.25, 0.3) is 10.9 Å². The van der Waals surface area contributed by atoms with Crippen LogP contribution in [-0.4, -0.2) is 21.0 Å². The molecule has 0 atom stereocenters. The number of carboxylic acid groups (broad SMARTS) is 1. The minimum Gasteiger partial charge on any atom is -0.478 e. The van der Waals surface area contributed by atoms with E-state index in [-0.39, 0.29) is 21.4 Å². The highest BCUT2D eigenvalue weighted by atomic mass is 32.2. The number of aryl methyl sites for hydroxylation is 2. The topological polar surface area (TPSA) is 106 Å². The van der Waals surface area contributed by atoms with Gasteiger partial charge in [0.1, 0.15) is 5.76 Å². The van der Waals surface area contributed by atoms with Crippen molar-refractivity contribution in [2.45, 2.75) is 24.0 Å². The molecule has 0 aliphatic carbocycles. The van der Waals surface area contributed by atoms with Crippen molar-refractivity contribution in [3.8, 4) is 0 Å². The zero-order valence-corrected chi connectivity index (χ0v) is 11.4. The fraction of sp³-hybridized carbons (Fsp3) is 0.167. The number of benzene rings is 1. The van der Waals surface area contributed by atoms with Gasteiger partial charge in [-0.1, -0.05) is 0 Å². The van der Waals surface area contributed by atoms with Crippen molar-refractivity contribution in [2.24, 2.45) is 0 Å². The molecule has 0 unspecified atom stereocenters. The summed E-state index contributed by atoms with van der Waals surface area (Å²) in [4.78, 5) is 25.6. The average Bonchev–Trinajstić information content (AvgIpc) is 2.67. The standard InChI is InChI=1S/C12H10N2O5S/c1-6-7(2)19-12(13-6)20-10-5-8(11(15)16)3-4-9(10)14(17)18/h3-5H,1-2H3,(H,15,16). The zero-order valence-electron chi connectivity index (χ0n) is 10.6. The third kappa shape index (κ3) is 2.80. The number of hydrogen-bond acceptors (Lipinski definition) is 6. The van der Waals surface area contributed by atoms with Gasteiger partial charge in [-0.25, -0.2) is 9.78 Å². The largest absolute Gasteiger partial charge is 0.478 e. The number of aromatic nitrogens is 1. The van der Waals surface area contributed by atoms with Crippen LogP contribution in [0.15, 0.2) is 32.7 Å². The van der Waals surface area contributed by atoms with Crippen molar-refractivity contribution in [3.63, 3.8) is 0 Å². The van der Waals surface area contributed by atoms with Gasteiger partial charge in [0.2, 0.25) is 0 Å². The van der Waals surface area contributed by atoms with E-state index in [9.17, 15) is 14.9 Å². The van der Waals surface area contributed by atoms with Crippen LogP contribution in [0.3, 0.4) is 0 Å². The van der Waals surface area contributed by atoms with E-state index in [1.165, 1.54) is 12.1 Å². The summed E-state index contributed by atoms with van der Waals surface area (Å²) in [7, 11) is 0. The number of aromatic carboxylic acids is 1. The first-order valence-electron chi connectivity index (χ1n) is 5.52. The zero-order chi connectivity index (χ0) is 14.9. The molecule has 1 aromatic heterocycles. The van der Waals surface area contributed by atoms with Gasteiger partial charge >= 0.3 is 5.97 Å². The summed E-state index contributed by atoms with van der Waals surface area (Å²) in [6.45, 7) is 3.49. The van der Waals surface area contributed by atoms with Crippen LogP contribution in [-0.2, 0) is 0 Å². The lowest BCUT2D eigenvalue weighted by Crippen LogP contribution is -1.98. The van der Waals surface area contributed by atoms with Gasteiger partial charge in [-0.3, -0.25) is 10.1 Å². The van der Waals surface area contributed by atoms with E-state index in [0.29, 0.717) is 11.5 Å². The maximum atomic E-state index is 11.0. The molecule has 1 aromatic carbocycles. The van der Waals surface area contributed by atoms with E-state index in [0.717, 1.165) is 17.8 Å².